The van der Waals surface area contributed by atoms with E-state index in [1.54, 1.807) is 14.1 Å². The van der Waals surface area contributed by atoms with Crippen LogP contribution in [0.1, 0.15) is 12.8 Å². The molecule has 0 saturated heterocycles. The predicted octanol–water partition coefficient (Wildman–Crippen LogP) is 1.38. The van der Waals surface area contributed by atoms with Crippen LogP contribution >= 0.6 is 0 Å². The Hall–Kier alpha value is -1.72. The van der Waals surface area contributed by atoms with Crippen molar-refractivity contribution < 1.29 is 19.4 Å². The van der Waals surface area contributed by atoms with Gasteiger partial charge in [0.1, 0.15) is 6.10 Å². The zero-order valence-corrected chi connectivity index (χ0v) is 10.1. The first-order valence-corrected chi connectivity index (χ1v) is 5.53. The molecular formula is C11H18N2O4. The van der Waals surface area contributed by atoms with E-state index in [0.29, 0.717) is 25.9 Å². The van der Waals surface area contributed by atoms with E-state index < -0.39 is 12.2 Å². The molecule has 2 amide bonds. The van der Waals surface area contributed by atoms with Crippen LogP contribution in [0.4, 0.5) is 9.59 Å². The Bertz CT molecular complexity index is 315. The van der Waals surface area contributed by atoms with Crippen molar-refractivity contribution in [3.8, 4) is 0 Å². The van der Waals surface area contributed by atoms with Crippen molar-refractivity contribution in [3.63, 3.8) is 0 Å². The van der Waals surface area contributed by atoms with E-state index in [4.69, 9.17) is 9.84 Å². The Labute approximate surface area is 100 Å². The van der Waals surface area contributed by atoms with Gasteiger partial charge in [-0.1, -0.05) is 6.08 Å². The third-order valence-corrected chi connectivity index (χ3v) is 2.49. The van der Waals surface area contributed by atoms with Gasteiger partial charge in [0.15, 0.2) is 0 Å². The van der Waals surface area contributed by atoms with E-state index in [2.05, 4.69) is 0 Å². The summed E-state index contributed by atoms with van der Waals surface area (Å²) in [5.41, 5.74) is 0. The summed E-state index contributed by atoms with van der Waals surface area (Å²) < 4.78 is 5.20. The van der Waals surface area contributed by atoms with Crippen molar-refractivity contribution in [2.75, 3.05) is 27.2 Å². The molecule has 0 aromatic rings. The van der Waals surface area contributed by atoms with Crippen LogP contribution in [-0.2, 0) is 4.74 Å². The molecule has 0 fully saturated rings. The van der Waals surface area contributed by atoms with Gasteiger partial charge in [0.25, 0.3) is 0 Å². The second-order valence-corrected chi connectivity index (χ2v) is 4.09. The number of hydrogen-bond acceptors (Lipinski definition) is 3. The maximum absolute atomic E-state index is 11.4. The molecule has 6 heteroatoms. The number of ether oxygens (including phenoxy) is 1. The highest BCUT2D eigenvalue weighted by Gasteiger charge is 2.18. The molecule has 1 rings (SSSR count). The van der Waals surface area contributed by atoms with Crippen molar-refractivity contribution in [3.05, 3.63) is 12.2 Å². The third kappa shape index (κ3) is 4.34. The SMILES string of the molecule is CN(C)C(=O)OC1C=CCCN(C(=O)O)CC1. The molecular weight excluding hydrogens is 224 g/mol. The fraction of sp³-hybridized carbons (Fsp3) is 0.636. The maximum atomic E-state index is 11.4. The van der Waals surface area contributed by atoms with Gasteiger partial charge in [-0.2, -0.15) is 0 Å². The summed E-state index contributed by atoms with van der Waals surface area (Å²) in [5, 5.41) is 8.90. The highest BCUT2D eigenvalue weighted by Crippen LogP contribution is 2.09. The lowest BCUT2D eigenvalue weighted by molar-refractivity contribution is 0.0822. The number of rotatable bonds is 1. The summed E-state index contributed by atoms with van der Waals surface area (Å²) >= 11 is 0. The molecule has 96 valence electrons. The molecule has 1 atom stereocenters. The average molecular weight is 242 g/mol. The average Bonchev–Trinajstić information content (AvgIpc) is 2.21. The summed E-state index contributed by atoms with van der Waals surface area (Å²) in [6, 6.07) is 0. The third-order valence-electron chi connectivity index (χ3n) is 2.49. The van der Waals surface area contributed by atoms with E-state index in [-0.39, 0.29) is 6.10 Å². The molecule has 0 aromatic carbocycles. The van der Waals surface area contributed by atoms with Crippen LogP contribution in [0.15, 0.2) is 12.2 Å². The molecule has 0 radical (unpaired) electrons. The van der Waals surface area contributed by atoms with Crippen molar-refractivity contribution in [2.24, 2.45) is 0 Å². The first kappa shape index (κ1) is 13.3. The Morgan fingerprint density at radius 1 is 1.41 bits per heavy atom. The zero-order valence-electron chi connectivity index (χ0n) is 10.1. The first-order chi connectivity index (χ1) is 8.00. The lowest BCUT2D eigenvalue weighted by Crippen LogP contribution is -2.35. The predicted molar refractivity (Wildman–Crippen MR) is 61.9 cm³/mol. The number of carboxylic acid groups (broad SMARTS) is 1. The molecule has 0 saturated carbocycles. The number of carbonyl (C=O) groups is 2. The Morgan fingerprint density at radius 3 is 2.71 bits per heavy atom. The molecule has 6 nitrogen and oxygen atoms in total. The normalized spacial score (nSPS) is 20.4. The van der Waals surface area contributed by atoms with Crippen LogP contribution in [0.3, 0.4) is 0 Å². The largest absolute Gasteiger partial charge is 0.465 e. The smallest absolute Gasteiger partial charge is 0.409 e. The molecule has 0 spiro atoms. The lowest BCUT2D eigenvalue weighted by atomic mass is 10.1. The van der Waals surface area contributed by atoms with Crippen LogP contribution in [0.5, 0.6) is 0 Å². The minimum Gasteiger partial charge on any atom is -0.465 e. The molecule has 0 aromatic heterocycles. The van der Waals surface area contributed by atoms with Crippen molar-refractivity contribution in [1.82, 2.24) is 9.80 Å². The second kappa shape index (κ2) is 6.12. The molecule has 1 aliphatic rings. The van der Waals surface area contributed by atoms with Crippen molar-refractivity contribution >= 4 is 12.2 Å². The lowest BCUT2D eigenvalue weighted by Gasteiger charge is -2.24. The number of hydrogen-bond donors (Lipinski definition) is 1. The van der Waals surface area contributed by atoms with Gasteiger partial charge in [-0.3, -0.25) is 0 Å². The summed E-state index contributed by atoms with van der Waals surface area (Å²) in [7, 11) is 3.22. The summed E-state index contributed by atoms with van der Waals surface area (Å²) in [4.78, 5) is 24.9. The zero-order chi connectivity index (χ0) is 12.8. The maximum Gasteiger partial charge on any atom is 0.409 e. The highest BCUT2D eigenvalue weighted by molar-refractivity contribution is 5.67. The van der Waals surface area contributed by atoms with Gasteiger partial charge in [-0.15, -0.1) is 0 Å². The molecule has 0 bridgehead atoms. The first-order valence-electron chi connectivity index (χ1n) is 5.53. The second-order valence-electron chi connectivity index (χ2n) is 4.09. The minimum atomic E-state index is -0.932. The molecule has 17 heavy (non-hydrogen) atoms. The molecule has 1 aliphatic heterocycles. The monoisotopic (exact) mass is 242 g/mol. The quantitative estimate of drug-likeness (QED) is 0.705. The van der Waals surface area contributed by atoms with Crippen LogP contribution in [0.25, 0.3) is 0 Å². The molecule has 1 heterocycles. The molecule has 1 unspecified atom stereocenters. The summed E-state index contributed by atoms with van der Waals surface area (Å²) in [6.07, 6.45) is 3.10. The van der Waals surface area contributed by atoms with Crippen molar-refractivity contribution in [2.45, 2.75) is 18.9 Å². The van der Waals surface area contributed by atoms with E-state index in [0.717, 1.165) is 0 Å². The van der Waals surface area contributed by atoms with E-state index in [9.17, 15) is 9.59 Å². The Kier molecular flexibility index (Phi) is 4.81. The topological polar surface area (TPSA) is 70.1 Å². The van der Waals surface area contributed by atoms with Crippen LogP contribution in [0, 0.1) is 0 Å². The fourth-order valence-corrected chi connectivity index (χ4v) is 1.49. The van der Waals surface area contributed by atoms with Gasteiger partial charge < -0.3 is 19.6 Å². The number of carbonyl (C=O) groups excluding carboxylic acids is 1. The fourth-order valence-electron chi connectivity index (χ4n) is 1.49. The standard InChI is InChI=1S/C11H18N2O4/c1-12(2)11(16)17-9-5-3-4-7-13(8-6-9)10(14)15/h3,5,9H,4,6-8H2,1-2H3,(H,14,15). The van der Waals surface area contributed by atoms with Gasteiger partial charge >= 0.3 is 12.2 Å². The van der Waals surface area contributed by atoms with E-state index in [1.807, 2.05) is 12.2 Å². The van der Waals surface area contributed by atoms with Gasteiger partial charge in [0, 0.05) is 33.6 Å². The molecule has 0 aliphatic carbocycles. The highest BCUT2D eigenvalue weighted by atomic mass is 16.6. The minimum absolute atomic E-state index is 0.355. The van der Waals surface area contributed by atoms with Crippen LogP contribution < -0.4 is 0 Å². The van der Waals surface area contributed by atoms with E-state index in [1.165, 1.54) is 9.80 Å². The van der Waals surface area contributed by atoms with Crippen LogP contribution in [0.2, 0.25) is 0 Å². The number of amides is 2. The van der Waals surface area contributed by atoms with Gasteiger partial charge in [-0.05, 0) is 12.5 Å². The van der Waals surface area contributed by atoms with Gasteiger partial charge in [0.05, 0.1) is 0 Å². The van der Waals surface area contributed by atoms with E-state index >= 15 is 0 Å². The Balaban J connectivity index is 2.54. The Morgan fingerprint density at radius 2 is 2.12 bits per heavy atom. The van der Waals surface area contributed by atoms with Gasteiger partial charge in [0.2, 0.25) is 0 Å². The summed E-state index contributed by atoms with van der Waals surface area (Å²) in [6.45, 7) is 0.866. The van der Waals surface area contributed by atoms with Crippen molar-refractivity contribution in [1.29, 1.82) is 0 Å². The molecule has 1 N–H and O–H groups in total. The van der Waals surface area contributed by atoms with Crippen LogP contribution in [-0.4, -0.2) is 60.4 Å². The number of nitrogens with zero attached hydrogens (tertiary/aromatic N) is 2. The van der Waals surface area contributed by atoms with Gasteiger partial charge in [-0.25, -0.2) is 9.59 Å². The summed E-state index contributed by atoms with van der Waals surface area (Å²) in [5.74, 6) is 0.